The van der Waals surface area contributed by atoms with Gasteiger partial charge in [0.05, 0.1) is 12.0 Å². The lowest BCUT2D eigenvalue weighted by molar-refractivity contribution is 0.415. The van der Waals surface area contributed by atoms with Gasteiger partial charge in [-0.25, -0.2) is 9.37 Å². The Kier molecular flexibility index (Phi) is 2.55. The van der Waals surface area contributed by atoms with Crippen molar-refractivity contribution in [2.24, 2.45) is 0 Å². The van der Waals surface area contributed by atoms with Gasteiger partial charge in [-0.2, -0.15) is 0 Å². The lowest BCUT2D eigenvalue weighted by Gasteiger charge is -2.05. The third-order valence-corrected chi connectivity index (χ3v) is 2.81. The normalized spacial score (nSPS) is 10.3. The predicted molar refractivity (Wildman–Crippen MR) is 58.5 cm³/mol. The van der Waals surface area contributed by atoms with Crippen LogP contribution >= 0.6 is 11.3 Å². The molecule has 0 bridgehead atoms. The quantitative estimate of drug-likeness (QED) is 0.852. The highest BCUT2D eigenvalue weighted by atomic mass is 32.1. The van der Waals surface area contributed by atoms with Crippen LogP contribution in [0.25, 0.3) is 10.4 Å². The van der Waals surface area contributed by atoms with Crippen molar-refractivity contribution < 1.29 is 9.13 Å². The molecule has 0 spiro atoms. The first-order valence-electron chi connectivity index (χ1n) is 4.26. The number of anilines is 1. The maximum Gasteiger partial charge on any atom is 0.180 e. The van der Waals surface area contributed by atoms with Gasteiger partial charge < -0.3 is 10.5 Å². The van der Waals surface area contributed by atoms with E-state index in [4.69, 9.17) is 10.5 Å². The number of nitrogens with two attached hydrogens (primary N) is 1. The van der Waals surface area contributed by atoms with E-state index >= 15 is 0 Å². The molecule has 0 saturated carbocycles. The summed E-state index contributed by atoms with van der Waals surface area (Å²) in [6.45, 7) is 0. The van der Waals surface area contributed by atoms with Crippen molar-refractivity contribution >= 4 is 16.5 Å². The number of aromatic nitrogens is 1. The van der Waals surface area contributed by atoms with Crippen molar-refractivity contribution in [2.45, 2.75) is 0 Å². The molecule has 1 aromatic heterocycles. The Morgan fingerprint density at radius 3 is 2.87 bits per heavy atom. The second-order valence-corrected chi connectivity index (χ2v) is 3.97. The molecule has 0 aliphatic carbocycles. The number of ether oxygens (including phenoxy) is 1. The zero-order valence-corrected chi connectivity index (χ0v) is 8.84. The van der Waals surface area contributed by atoms with Gasteiger partial charge in [0.2, 0.25) is 0 Å². The summed E-state index contributed by atoms with van der Waals surface area (Å²) in [5, 5.41) is 0.455. The van der Waals surface area contributed by atoms with Crippen LogP contribution in [-0.4, -0.2) is 12.1 Å². The minimum atomic E-state index is -0.308. The van der Waals surface area contributed by atoms with Gasteiger partial charge in [-0.1, -0.05) is 11.3 Å². The Labute approximate surface area is 90.3 Å². The summed E-state index contributed by atoms with van der Waals surface area (Å²) in [4.78, 5) is 4.71. The number of rotatable bonds is 2. The van der Waals surface area contributed by atoms with E-state index in [1.54, 1.807) is 19.4 Å². The maximum atomic E-state index is 13.1. The third kappa shape index (κ3) is 1.92. The van der Waals surface area contributed by atoms with Crippen molar-refractivity contribution in [3.8, 4) is 16.2 Å². The predicted octanol–water partition coefficient (Wildman–Crippen LogP) is 2.54. The molecule has 1 aromatic carbocycles. The van der Waals surface area contributed by atoms with Crippen LogP contribution in [0.15, 0.2) is 24.4 Å². The van der Waals surface area contributed by atoms with E-state index in [9.17, 15) is 4.39 Å². The average molecular weight is 224 g/mol. The van der Waals surface area contributed by atoms with Gasteiger partial charge >= 0.3 is 0 Å². The summed E-state index contributed by atoms with van der Waals surface area (Å²) in [5.41, 5.74) is 6.19. The number of methoxy groups -OCH3 is 1. The first kappa shape index (κ1) is 9.92. The molecule has 0 amide bonds. The SMILES string of the molecule is COc1ccc(F)cc1-c1cnc(N)s1. The zero-order chi connectivity index (χ0) is 10.8. The molecule has 2 rings (SSSR count). The minimum Gasteiger partial charge on any atom is -0.496 e. The van der Waals surface area contributed by atoms with Crippen LogP contribution in [0, 0.1) is 5.82 Å². The summed E-state index contributed by atoms with van der Waals surface area (Å²) in [6.07, 6.45) is 1.61. The van der Waals surface area contributed by atoms with Crippen LogP contribution in [0.2, 0.25) is 0 Å². The first-order chi connectivity index (χ1) is 7.20. The fourth-order valence-corrected chi connectivity index (χ4v) is 1.99. The van der Waals surface area contributed by atoms with Crippen molar-refractivity contribution in [1.29, 1.82) is 0 Å². The average Bonchev–Trinajstić information content (AvgIpc) is 2.65. The van der Waals surface area contributed by atoms with Crippen LogP contribution in [0.3, 0.4) is 0 Å². The first-order valence-corrected chi connectivity index (χ1v) is 5.07. The van der Waals surface area contributed by atoms with Gasteiger partial charge in [0.25, 0.3) is 0 Å². The standard InChI is InChI=1S/C10H9FN2OS/c1-14-8-3-2-6(11)4-7(8)9-5-13-10(12)15-9/h2-5H,1H3,(H2,12,13). The summed E-state index contributed by atoms with van der Waals surface area (Å²) in [6, 6.07) is 4.35. The molecule has 0 saturated heterocycles. The van der Waals surface area contributed by atoms with E-state index in [0.717, 1.165) is 4.88 Å². The van der Waals surface area contributed by atoms with Gasteiger partial charge in [0.15, 0.2) is 5.13 Å². The van der Waals surface area contributed by atoms with Crippen molar-refractivity contribution in [1.82, 2.24) is 4.98 Å². The van der Waals surface area contributed by atoms with Crippen LogP contribution in [0.1, 0.15) is 0 Å². The van der Waals surface area contributed by atoms with E-state index in [0.29, 0.717) is 16.4 Å². The van der Waals surface area contributed by atoms with Crippen molar-refractivity contribution in [3.63, 3.8) is 0 Å². The molecule has 0 atom stereocenters. The largest absolute Gasteiger partial charge is 0.496 e. The van der Waals surface area contributed by atoms with Crippen molar-refractivity contribution in [3.05, 3.63) is 30.2 Å². The number of hydrogen-bond acceptors (Lipinski definition) is 4. The van der Waals surface area contributed by atoms with Gasteiger partial charge in [-0.3, -0.25) is 0 Å². The maximum absolute atomic E-state index is 13.1. The fourth-order valence-electron chi connectivity index (χ4n) is 1.28. The fraction of sp³-hybridized carbons (Fsp3) is 0.100. The molecular formula is C10H9FN2OS. The van der Waals surface area contributed by atoms with Gasteiger partial charge in [0.1, 0.15) is 11.6 Å². The zero-order valence-electron chi connectivity index (χ0n) is 8.03. The number of nitrogens with zero attached hydrogens (tertiary/aromatic N) is 1. The molecule has 15 heavy (non-hydrogen) atoms. The molecule has 78 valence electrons. The Hall–Kier alpha value is -1.62. The summed E-state index contributed by atoms with van der Waals surface area (Å²) in [7, 11) is 1.54. The summed E-state index contributed by atoms with van der Waals surface area (Å²) < 4.78 is 18.2. The molecule has 0 unspecified atom stereocenters. The molecule has 0 aliphatic rings. The number of halogens is 1. The van der Waals surface area contributed by atoms with E-state index < -0.39 is 0 Å². The highest BCUT2D eigenvalue weighted by Gasteiger charge is 2.09. The number of nitrogen functional groups attached to an aromatic ring is 1. The topological polar surface area (TPSA) is 48.1 Å². The Bertz CT molecular complexity index is 484. The molecule has 2 N–H and O–H groups in total. The monoisotopic (exact) mass is 224 g/mol. The molecular weight excluding hydrogens is 215 g/mol. The molecule has 0 aliphatic heterocycles. The van der Waals surface area contributed by atoms with Crippen LogP contribution in [0.4, 0.5) is 9.52 Å². The number of hydrogen-bond donors (Lipinski definition) is 1. The van der Waals surface area contributed by atoms with Gasteiger partial charge in [-0.15, -0.1) is 0 Å². The van der Waals surface area contributed by atoms with Crippen LogP contribution in [-0.2, 0) is 0 Å². The van der Waals surface area contributed by atoms with Crippen LogP contribution < -0.4 is 10.5 Å². The van der Waals surface area contributed by atoms with E-state index in [2.05, 4.69) is 4.98 Å². The lowest BCUT2D eigenvalue weighted by atomic mass is 10.2. The Morgan fingerprint density at radius 1 is 1.47 bits per heavy atom. The molecule has 5 heteroatoms. The smallest absolute Gasteiger partial charge is 0.180 e. The second kappa shape index (κ2) is 3.86. The summed E-state index contributed by atoms with van der Waals surface area (Å²) in [5.74, 6) is 0.304. The number of benzene rings is 1. The highest BCUT2D eigenvalue weighted by molar-refractivity contribution is 7.18. The summed E-state index contributed by atoms with van der Waals surface area (Å²) >= 11 is 1.30. The molecule has 0 radical (unpaired) electrons. The van der Waals surface area contributed by atoms with E-state index in [-0.39, 0.29) is 5.82 Å². The van der Waals surface area contributed by atoms with E-state index in [1.807, 2.05) is 0 Å². The van der Waals surface area contributed by atoms with Crippen molar-refractivity contribution in [2.75, 3.05) is 12.8 Å². The second-order valence-electron chi connectivity index (χ2n) is 2.91. The lowest BCUT2D eigenvalue weighted by Crippen LogP contribution is -1.87. The minimum absolute atomic E-state index is 0.308. The molecule has 2 aromatic rings. The third-order valence-electron chi connectivity index (χ3n) is 1.95. The number of thiazole rings is 1. The highest BCUT2D eigenvalue weighted by Crippen LogP contribution is 2.34. The molecule has 3 nitrogen and oxygen atoms in total. The van der Waals surface area contributed by atoms with Gasteiger partial charge in [0, 0.05) is 11.8 Å². The van der Waals surface area contributed by atoms with E-state index in [1.165, 1.54) is 23.5 Å². The molecule has 0 fully saturated rings. The van der Waals surface area contributed by atoms with Crippen LogP contribution in [0.5, 0.6) is 5.75 Å². The Balaban J connectivity index is 2.55. The van der Waals surface area contributed by atoms with Gasteiger partial charge in [-0.05, 0) is 18.2 Å². The Morgan fingerprint density at radius 2 is 2.27 bits per heavy atom. The molecule has 1 heterocycles.